The van der Waals surface area contributed by atoms with E-state index in [0.29, 0.717) is 24.4 Å². The number of halogens is 1. The maximum Gasteiger partial charge on any atom is 0.348 e. The predicted octanol–water partition coefficient (Wildman–Crippen LogP) is 2.93. The number of nitrogens with zero attached hydrogens (tertiary/aromatic N) is 2. The van der Waals surface area contributed by atoms with Crippen LogP contribution in [-0.2, 0) is 11.3 Å². The van der Waals surface area contributed by atoms with Crippen LogP contribution in [0.1, 0.15) is 35.1 Å². The van der Waals surface area contributed by atoms with Crippen LogP contribution in [0.2, 0.25) is 0 Å². The van der Waals surface area contributed by atoms with Crippen molar-refractivity contribution in [2.24, 2.45) is 0 Å². The predicted molar refractivity (Wildman–Crippen MR) is 103 cm³/mol. The lowest BCUT2D eigenvalue weighted by molar-refractivity contribution is -0.121. The van der Waals surface area contributed by atoms with Crippen LogP contribution in [0.3, 0.4) is 0 Å². The third kappa shape index (κ3) is 4.73. The van der Waals surface area contributed by atoms with Gasteiger partial charge in [-0.3, -0.25) is 9.36 Å². The Morgan fingerprint density at radius 3 is 2.64 bits per heavy atom. The summed E-state index contributed by atoms with van der Waals surface area (Å²) in [5.41, 5.74) is 1.78. The number of hydrogen-bond donors (Lipinski definition) is 1. The largest absolute Gasteiger partial charge is 0.469 e. The molecule has 0 aliphatic heterocycles. The summed E-state index contributed by atoms with van der Waals surface area (Å²) in [5, 5.41) is 2.83. The van der Waals surface area contributed by atoms with Crippen LogP contribution in [0.4, 0.5) is 4.39 Å². The Morgan fingerprint density at radius 1 is 1.25 bits per heavy atom. The lowest BCUT2D eigenvalue weighted by atomic mass is 9.93. The van der Waals surface area contributed by atoms with Crippen molar-refractivity contribution in [2.45, 2.75) is 32.7 Å². The molecule has 1 unspecified atom stereocenters. The van der Waals surface area contributed by atoms with Gasteiger partial charge in [0.1, 0.15) is 18.1 Å². The maximum atomic E-state index is 13.2. The van der Waals surface area contributed by atoms with Crippen LogP contribution in [-0.4, -0.2) is 22.0 Å². The van der Waals surface area contributed by atoms with Gasteiger partial charge in [0.15, 0.2) is 0 Å². The van der Waals surface area contributed by atoms with Gasteiger partial charge in [0.25, 0.3) is 0 Å². The topological polar surface area (TPSA) is 77.1 Å². The zero-order chi connectivity index (χ0) is 20.1. The number of carbonyl (C=O) groups is 1. The summed E-state index contributed by atoms with van der Waals surface area (Å²) in [6, 6.07) is 11.7. The molecule has 1 aromatic carbocycles. The zero-order valence-corrected chi connectivity index (χ0v) is 15.8. The van der Waals surface area contributed by atoms with E-state index in [4.69, 9.17) is 4.42 Å². The lowest BCUT2D eigenvalue weighted by Gasteiger charge is -2.16. The van der Waals surface area contributed by atoms with Crippen molar-refractivity contribution in [1.29, 1.82) is 0 Å². The molecule has 3 aromatic rings. The Bertz CT molecular complexity index is 995. The highest BCUT2D eigenvalue weighted by molar-refractivity contribution is 5.75. The van der Waals surface area contributed by atoms with E-state index in [0.717, 1.165) is 11.3 Å². The molecular formula is C21H22FN3O3. The molecule has 0 saturated carbocycles. The van der Waals surface area contributed by atoms with Gasteiger partial charge < -0.3 is 9.73 Å². The van der Waals surface area contributed by atoms with Crippen LogP contribution < -0.4 is 11.0 Å². The summed E-state index contributed by atoms with van der Waals surface area (Å²) >= 11 is 0. The van der Waals surface area contributed by atoms with Gasteiger partial charge in [-0.1, -0.05) is 12.1 Å². The van der Waals surface area contributed by atoms with Gasteiger partial charge >= 0.3 is 5.69 Å². The van der Waals surface area contributed by atoms with E-state index in [1.165, 1.54) is 16.7 Å². The Morgan fingerprint density at radius 2 is 2.00 bits per heavy atom. The fourth-order valence-corrected chi connectivity index (χ4v) is 3.18. The quantitative estimate of drug-likeness (QED) is 0.681. The highest BCUT2D eigenvalue weighted by atomic mass is 19.1. The van der Waals surface area contributed by atoms with Crippen LogP contribution in [0.15, 0.2) is 57.9 Å². The minimum Gasteiger partial charge on any atom is -0.469 e. The van der Waals surface area contributed by atoms with E-state index in [9.17, 15) is 14.0 Å². The van der Waals surface area contributed by atoms with Crippen LogP contribution in [0.25, 0.3) is 0 Å². The summed E-state index contributed by atoms with van der Waals surface area (Å²) in [6.07, 6.45) is 2.16. The number of amides is 1. The second-order valence-electron chi connectivity index (χ2n) is 6.67. The number of aryl methyl sites for hydroxylation is 2. The van der Waals surface area contributed by atoms with Crippen LogP contribution >= 0.6 is 0 Å². The molecule has 1 N–H and O–H groups in total. The summed E-state index contributed by atoms with van der Waals surface area (Å²) in [4.78, 5) is 28.1. The van der Waals surface area contributed by atoms with Gasteiger partial charge in [0, 0.05) is 23.9 Å². The first kappa shape index (κ1) is 19.5. The van der Waals surface area contributed by atoms with Gasteiger partial charge in [0.2, 0.25) is 5.91 Å². The Labute approximate surface area is 162 Å². The van der Waals surface area contributed by atoms with Gasteiger partial charge in [-0.15, -0.1) is 0 Å². The summed E-state index contributed by atoms with van der Waals surface area (Å²) in [6.45, 7) is 3.81. The SMILES string of the molecule is Cc1cc(C)n(CC(=O)NCCC(c2ccc(F)cc2)c2ccco2)c(=O)n1. The maximum absolute atomic E-state index is 13.2. The number of carbonyl (C=O) groups excluding carboxylic acids is 1. The van der Waals surface area contributed by atoms with Crippen molar-refractivity contribution < 1.29 is 13.6 Å². The second kappa shape index (κ2) is 8.65. The standard InChI is InChI=1S/C21H22FN3O3/c1-14-12-15(2)25(21(27)24-14)13-20(26)23-10-9-18(19-4-3-11-28-19)16-5-7-17(22)8-6-16/h3-8,11-12,18H,9-10,13H2,1-2H3,(H,23,26). The Balaban J connectivity index is 1.64. The number of nitrogens with one attached hydrogen (secondary N) is 1. The smallest absolute Gasteiger partial charge is 0.348 e. The van der Waals surface area contributed by atoms with Gasteiger partial charge in [-0.05, 0) is 56.2 Å². The molecule has 0 aliphatic rings. The number of hydrogen-bond acceptors (Lipinski definition) is 4. The first-order valence-corrected chi connectivity index (χ1v) is 9.04. The molecule has 7 heteroatoms. The number of aromatic nitrogens is 2. The fraction of sp³-hybridized carbons (Fsp3) is 0.286. The normalized spacial score (nSPS) is 12.0. The van der Waals surface area contributed by atoms with Crippen molar-refractivity contribution in [3.8, 4) is 0 Å². The van der Waals surface area contributed by atoms with E-state index in [-0.39, 0.29) is 24.2 Å². The molecule has 1 amide bonds. The van der Waals surface area contributed by atoms with Crippen molar-refractivity contribution in [3.05, 3.63) is 87.7 Å². The molecule has 0 aliphatic carbocycles. The van der Waals surface area contributed by atoms with E-state index < -0.39 is 5.69 Å². The number of benzene rings is 1. The Kier molecular flexibility index (Phi) is 6.03. The minimum absolute atomic E-state index is 0.0834. The first-order valence-electron chi connectivity index (χ1n) is 9.04. The zero-order valence-electron chi connectivity index (χ0n) is 15.8. The van der Waals surface area contributed by atoms with Crippen molar-refractivity contribution in [1.82, 2.24) is 14.9 Å². The highest BCUT2D eigenvalue weighted by Crippen LogP contribution is 2.28. The van der Waals surface area contributed by atoms with E-state index in [1.54, 1.807) is 44.4 Å². The average molecular weight is 383 g/mol. The lowest BCUT2D eigenvalue weighted by Crippen LogP contribution is -2.35. The number of rotatable bonds is 7. The van der Waals surface area contributed by atoms with E-state index in [1.807, 2.05) is 6.07 Å². The average Bonchev–Trinajstić information content (AvgIpc) is 3.17. The van der Waals surface area contributed by atoms with Gasteiger partial charge in [0.05, 0.1) is 6.26 Å². The monoisotopic (exact) mass is 383 g/mol. The third-order valence-electron chi connectivity index (χ3n) is 4.56. The molecule has 1 atom stereocenters. The first-order chi connectivity index (χ1) is 13.4. The summed E-state index contributed by atoms with van der Waals surface area (Å²) < 4.78 is 20.1. The summed E-state index contributed by atoms with van der Waals surface area (Å²) in [5.74, 6) is 0.0629. The molecule has 28 heavy (non-hydrogen) atoms. The molecule has 0 spiro atoms. The molecule has 3 rings (SSSR count). The molecular weight excluding hydrogens is 361 g/mol. The number of furan rings is 1. The second-order valence-corrected chi connectivity index (χ2v) is 6.67. The fourth-order valence-electron chi connectivity index (χ4n) is 3.18. The third-order valence-corrected chi connectivity index (χ3v) is 4.56. The van der Waals surface area contributed by atoms with Gasteiger partial charge in [-0.25, -0.2) is 9.18 Å². The van der Waals surface area contributed by atoms with Crippen LogP contribution in [0, 0.1) is 19.7 Å². The van der Waals surface area contributed by atoms with E-state index >= 15 is 0 Å². The molecule has 2 heterocycles. The molecule has 6 nitrogen and oxygen atoms in total. The highest BCUT2D eigenvalue weighted by Gasteiger charge is 2.17. The Hall–Kier alpha value is -3.22. The molecule has 0 saturated heterocycles. The molecule has 0 fully saturated rings. The van der Waals surface area contributed by atoms with Crippen LogP contribution in [0.5, 0.6) is 0 Å². The van der Waals surface area contributed by atoms with Crippen molar-refractivity contribution >= 4 is 5.91 Å². The summed E-state index contributed by atoms with van der Waals surface area (Å²) in [7, 11) is 0. The molecule has 2 aromatic heterocycles. The minimum atomic E-state index is -0.438. The molecule has 0 radical (unpaired) electrons. The molecule has 146 valence electrons. The molecule has 0 bridgehead atoms. The van der Waals surface area contributed by atoms with Crippen molar-refractivity contribution in [2.75, 3.05) is 6.54 Å². The van der Waals surface area contributed by atoms with Crippen molar-refractivity contribution in [3.63, 3.8) is 0 Å². The van der Waals surface area contributed by atoms with E-state index in [2.05, 4.69) is 10.3 Å². The van der Waals surface area contributed by atoms with Gasteiger partial charge in [-0.2, -0.15) is 4.98 Å².